The average Bonchev–Trinajstić information content (AvgIpc) is 2.86. The highest BCUT2D eigenvalue weighted by atomic mass is 16.4. The van der Waals surface area contributed by atoms with Gasteiger partial charge in [-0.05, 0) is 42.5 Å². The lowest BCUT2D eigenvalue weighted by Gasteiger charge is -2.23. The van der Waals surface area contributed by atoms with Gasteiger partial charge in [0.1, 0.15) is 0 Å². The van der Waals surface area contributed by atoms with Gasteiger partial charge in [-0.25, -0.2) is 4.79 Å². The Hall–Kier alpha value is -1.77. The molecule has 0 bridgehead atoms. The van der Waals surface area contributed by atoms with Crippen LogP contribution in [0.15, 0.2) is 24.4 Å². The summed E-state index contributed by atoms with van der Waals surface area (Å²) in [6.45, 7) is 0. The summed E-state index contributed by atoms with van der Waals surface area (Å²) in [6, 6.07) is 5.66. The van der Waals surface area contributed by atoms with Crippen molar-refractivity contribution in [1.82, 2.24) is 4.98 Å². The molecule has 0 radical (unpaired) electrons. The molecule has 1 aromatic heterocycles. The molecule has 0 atom stereocenters. The molecule has 2 N–H and O–H groups in total. The minimum Gasteiger partial charge on any atom is -0.478 e. The quantitative estimate of drug-likeness (QED) is 0.840. The second-order valence-corrected chi connectivity index (χ2v) is 5.14. The first kappa shape index (κ1) is 11.3. The van der Waals surface area contributed by atoms with Crippen LogP contribution < -0.4 is 0 Å². The lowest BCUT2D eigenvalue weighted by atomic mass is 9.82. The minimum atomic E-state index is -0.844. The Labute approximate surface area is 106 Å². The lowest BCUT2D eigenvalue weighted by Crippen LogP contribution is -2.07. The van der Waals surface area contributed by atoms with Gasteiger partial charge >= 0.3 is 5.97 Å². The number of carboxylic acids is 1. The standard InChI is InChI=1S/C15H17NO2/c17-15(18)11-8-13(10-4-2-1-3-5-10)12-6-7-16-14(12)9-11/h6-10,16H,1-5H2,(H,17,18). The van der Waals surface area contributed by atoms with Crippen LogP contribution in [0, 0.1) is 0 Å². The molecule has 18 heavy (non-hydrogen) atoms. The van der Waals surface area contributed by atoms with E-state index in [1.54, 1.807) is 6.07 Å². The molecule has 3 nitrogen and oxygen atoms in total. The number of fused-ring (bicyclic) bond motifs is 1. The zero-order valence-electron chi connectivity index (χ0n) is 10.3. The Kier molecular flexibility index (Phi) is 2.82. The van der Waals surface area contributed by atoms with Gasteiger partial charge in [0.05, 0.1) is 5.56 Å². The number of aromatic carboxylic acids is 1. The van der Waals surface area contributed by atoms with Gasteiger partial charge in [0.2, 0.25) is 0 Å². The highest BCUT2D eigenvalue weighted by Gasteiger charge is 2.20. The van der Waals surface area contributed by atoms with Crippen LogP contribution in [-0.2, 0) is 0 Å². The van der Waals surface area contributed by atoms with E-state index >= 15 is 0 Å². The Morgan fingerprint density at radius 1 is 1.22 bits per heavy atom. The van der Waals surface area contributed by atoms with E-state index in [1.807, 2.05) is 12.3 Å². The smallest absolute Gasteiger partial charge is 0.335 e. The molecule has 94 valence electrons. The highest BCUT2D eigenvalue weighted by Crippen LogP contribution is 2.36. The van der Waals surface area contributed by atoms with Crippen molar-refractivity contribution >= 4 is 16.9 Å². The number of aromatic nitrogens is 1. The van der Waals surface area contributed by atoms with Crippen molar-refractivity contribution in [3.63, 3.8) is 0 Å². The third-order valence-electron chi connectivity index (χ3n) is 3.99. The summed E-state index contributed by atoms with van der Waals surface area (Å²) in [5.41, 5.74) is 2.55. The van der Waals surface area contributed by atoms with Crippen molar-refractivity contribution < 1.29 is 9.90 Å². The molecule has 0 aliphatic heterocycles. The molecule has 1 heterocycles. The zero-order valence-corrected chi connectivity index (χ0v) is 10.3. The van der Waals surface area contributed by atoms with Crippen LogP contribution in [0.5, 0.6) is 0 Å². The zero-order chi connectivity index (χ0) is 12.5. The van der Waals surface area contributed by atoms with Crippen molar-refractivity contribution in [1.29, 1.82) is 0 Å². The molecule has 1 fully saturated rings. The molecule has 1 aliphatic rings. The number of H-pyrrole nitrogens is 1. The lowest BCUT2D eigenvalue weighted by molar-refractivity contribution is 0.0697. The summed E-state index contributed by atoms with van der Waals surface area (Å²) in [5.74, 6) is -0.320. The summed E-state index contributed by atoms with van der Waals surface area (Å²) in [5, 5.41) is 10.4. The van der Waals surface area contributed by atoms with Crippen molar-refractivity contribution in [2.75, 3.05) is 0 Å². The molecular weight excluding hydrogens is 226 g/mol. The van der Waals surface area contributed by atoms with Crippen LogP contribution in [0.25, 0.3) is 10.9 Å². The van der Waals surface area contributed by atoms with Crippen LogP contribution in [-0.4, -0.2) is 16.1 Å². The van der Waals surface area contributed by atoms with Gasteiger partial charge in [-0.15, -0.1) is 0 Å². The highest BCUT2D eigenvalue weighted by molar-refractivity contribution is 5.95. The molecule has 1 aromatic carbocycles. The minimum absolute atomic E-state index is 0.394. The molecule has 0 amide bonds. The molecular formula is C15H17NO2. The third kappa shape index (κ3) is 1.90. The van der Waals surface area contributed by atoms with Gasteiger partial charge < -0.3 is 10.1 Å². The predicted molar refractivity (Wildman–Crippen MR) is 71.1 cm³/mol. The Morgan fingerprint density at radius 2 is 2.00 bits per heavy atom. The number of carbonyl (C=O) groups is 1. The number of rotatable bonds is 2. The van der Waals surface area contributed by atoms with Crippen LogP contribution in [0.1, 0.15) is 53.9 Å². The number of hydrogen-bond donors (Lipinski definition) is 2. The Balaban J connectivity index is 2.12. The van der Waals surface area contributed by atoms with Crippen molar-refractivity contribution in [2.24, 2.45) is 0 Å². The number of benzene rings is 1. The largest absolute Gasteiger partial charge is 0.478 e. The van der Waals surface area contributed by atoms with Crippen LogP contribution in [0.3, 0.4) is 0 Å². The summed E-state index contributed by atoms with van der Waals surface area (Å²) in [6.07, 6.45) is 8.09. The van der Waals surface area contributed by atoms with E-state index in [9.17, 15) is 9.90 Å². The van der Waals surface area contributed by atoms with Gasteiger partial charge in [-0.2, -0.15) is 0 Å². The van der Waals surface area contributed by atoms with Crippen molar-refractivity contribution in [2.45, 2.75) is 38.0 Å². The maximum absolute atomic E-state index is 11.2. The second-order valence-electron chi connectivity index (χ2n) is 5.14. The molecule has 1 aliphatic carbocycles. The monoisotopic (exact) mass is 243 g/mol. The topological polar surface area (TPSA) is 53.1 Å². The number of nitrogens with one attached hydrogen (secondary N) is 1. The summed E-state index contributed by atoms with van der Waals surface area (Å²) < 4.78 is 0. The van der Waals surface area contributed by atoms with Crippen LogP contribution in [0.4, 0.5) is 0 Å². The number of carboxylic acid groups (broad SMARTS) is 1. The van der Waals surface area contributed by atoms with Gasteiger partial charge in [-0.1, -0.05) is 19.3 Å². The maximum Gasteiger partial charge on any atom is 0.335 e. The SMILES string of the molecule is O=C(O)c1cc(C2CCCCC2)c2cc[nH]c2c1. The second kappa shape index (κ2) is 4.48. The van der Waals surface area contributed by atoms with Crippen LogP contribution >= 0.6 is 0 Å². The van der Waals surface area contributed by atoms with Crippen molar-refractivity contribution in [3.8, 4) is 0 Å². The first-order chi connectivity index (χ1) is 8.75. The van der Waals surface area contributed by atoms with Gasteiger partial charge in [0, 0.05) is 17.1 Å². The predicted octanol–water partition coefficient (Wildman–Crippen LogP) is 3.91. The third-order valence-corrected chi connectivity index (χ3v) is 3.99. The fraction of sp³-hybridized carbons (Fsp3) is 0.400. The van der Waals surface area contributed by atoms with E-state index in [0.717, 1.165) is 5.52 Å². The normalized spacial score (nSPS) is 17.1. The fourth-order valence-electron chi connectivity index (χ4n) is 3.07. The molecule has 3 heteroatoms. The average molecular weight is 243 g/mol. The Bertz CT molecular complexity index is 579. The first-order valence-electron chi connectivity index (χ1n) is 6.60. The van der Waals surface area contributed by atoms with Gasteiger partial charge in [0.25, 0.3) is 0 Å². The molecule has 0 saturated heterocycles. The van der Waals surface area contributed by atoms with E-state index < -0.39 is 5.97 Å². The van der Waals surface area contributed by atoms with E-state index in [-0.39, 0.29) is 0 Å². The first-order valence-corrected chi connectivity index (χ1v) is 6.60. The van der Waals surface area contributed by atoms with E-state index in [0.29, 0.717) is 11.5 Å². The van der Waals surface area contributed by atoms with Crippen molar-refractivity contribution in [3.05, 3.63) is 35.5 Å². The van der Waals surface area contributed by atoms with E-state index in [2.05, 4.69) is 11.1 Å². The van der Waals surface area contributed by atoms with Gasteiger partial charge in [-0.3, -0.25) is 0 Å². The number of aromatic amines is 1. The maximum atomic E-state index is 11.2. The molecule has 0 unspecified atom stereocenters. The number of hydrogen-bond acceptors (Lipinski definition) is 1. The van der Waals surface area contributed by atoms with Gasteiger partial charge in [0.15, 0.2) is 0 Å². The molecule has 3 rings (SSSR count). The summed E-state index contributed by atoms with van der Waals surface area (Å²) in [7, 11) is 0. The van der Waals surface area contributed by atoms with E-state index in [1.165, 1.54) is 43.1 Å². The molecule has 1 saturated carbocycles. The molecule has 0 spiro atoms. The van der Waals surface area contributed by atoms with Crippen LogP contribution in [0.2, 0.25) is 0 Å². The fourth-order valence-corrected chi connectivity index (χ4v) is 3.07. The molecule has 2 aromatic rings. The Morgan fingerprint density at radius 3 is 2.72 bits per heavy atom. The van der Waals surface area contributed by atoms with E-state index in [4.69, 9.17) is 0 Å². The summed E-state index contributed by atoms with van der Waals surface area (Å²) >= 11 is 0. The summed E-state index contributed by atoms with van der Waals surface area (Å²) in [4.78, 5) is 14.3.